The van der Waals surface area contributed by atoms with Crippen LogP contribution in [-0.2, 0) is 14.3 Å². The highest BCUT2D eigenvalue weighted by molar-refractivity contribution is 9.10. The zero-order chi connectivity index (χ0) is 20.9. The van der Waals surface area contributed by atoms with E-state index in [0.717, 1.165) is 35.7 Å². The average Bonchev–Trinajstić information content (AvgIpc) is 2.71. The maximum Gasteiger partial charge on any atom is 0.312 e. The van der Waals surface area contributed by atoms with E-state index in [1.807, 2.05) is 49.4 Å². The van der Waals surface area contributed by atoms with Crippen molar-refractivity contribution in [2.75, 3.05) is 18.1 Å². The van der Waals surface area contributed by atoms with Crippen LogP contribution < -0.4 is 4.90 Å². The Bertz CT molecular complexity index is 984. The van der Waals surface area contributed by atoms with Crippen molar-refractivity contribution in [3.63, 3.8) is 0 Å². The molecule has 0 radical (unpaired) electrons. The zero-order valence-electron chi connectivity index (χ0n) is 17.4. The van der Waals surface area contributed by atoms with Gasteiger partial charge in [-0.15, -0.1) is 0 Å². The number of carbonyl (C=O) groups excluding carboxylic acids is 2. The number of benzene rings is 2. The van der Waals surface area contributed by atoms with Crippen molar-refractivity contribution in [1.29, 1.82) is 0 Å². The minimum absolute atomic E-state index is 0.0958. The first-order valence-electron chi connectivity index (χ1n) is 11.1. The van der Waals surface area contributed by atoms with Crippen molar-refractivity contribution in [3.05, 3.63) is 42.5 Å². The van der Waals surface area contributed by atoms with Gasteiger partial charge in [0.15, 0.2) is 6.61 Å². The Morgan fingerprint density at radius 1 is 1.07 bits per heavy atom. The molecule has 0 N–H and O–H groups in total. The first-order valence-corrected chi connectivity index (χ1v) is 11.8. The van der Waals surface area contributed by atoms with Gasteiger partial charge in [0.2, 0.25) is 0 Å². The van der Waals surface area contributed by atoms with E-state index >= 15 is 0 Å². The molecule has 1 amide bonds. The smallest absolute Gasteiger partial charge is 0.312 e. The van der Waals surface area contributed by atoms with Crippen molar-refractivity contribution < 1.29 is 14.3 Å². The van der Waals surface area contributed by atoms with Gasteiger partial charge in [-0.2, -0.15) is 0 Å². The highest BCUT2D eigenvalue weighted by Gasteiger charge is 2.60. The molecule has 0 saturated heterocycles. The lowest BCUT2D eigenvalue weighted by Crippen LogP contribution is -2.56. The van der Waals surface area contributed by atoms with Crippen LogP contribution in [0.2, 0.25) is 0 Å². The number of rotatable bonds is 5. The number of anilines is 1. The molecule has 30 heavy (non-hydrogen) atoms. The number of fused-ring (bicyclic) bond motifs is 1. The van der Waals surface area contributed by atoms with Gasteiger partial charge in [0, 0.05) is 16.3 Å². The molecule has 5 heteroatoms. The first-order chi connectivity index (χ1) is 14.4. The lowest BCUT2D eigenvalue weighted by molar-refractivity contribution is -0.171. The normalized spacial score (nSPS) is 31.7. The molecule has 158 valence electrons. The lowest BCUT2D eigenvalue weighted by Gasteiger charge is -2.58. The Morgan fingerprint density at radius 3 is 2.47 bits per heavy atom. The van der Waals surface area contributed by atoms with Crippen LogP contribution in [0, 0.1) is 17.3 Å². The van der Waals surface area contributed by atoms with Gasteiger partial charge in [-0.3, -0.25) is 9.59 Å². The summed E-state index contributed by atoms with van der Waals surface area (Å²) in [5, 5.41) is 2.12. The Kier molecular flexibility index (Phi) is 4.92. The van der Waals surface area contributed by atoms with Crippen LogP contribution in [0.15, 0.2) is 42.5 Å². The quantitative estimate of drug-likeness (QED) is 0.430. The average molecular weight is 470 g/mol. The van der Waals surface area contributed by atoms with E-state index in [9.17, 15) is 9.59 Å². The molecule has 0 aliphatic heterocycles. The molecule has 4 bridgehead atoms. The molecule has 2 unspecified atom stereocenters. The number of likely N-dealkylation sites (N-methyl/N-ethyl adjacent to an activating group) is 1. The summed E-state index contributed by atoms with van der Waals surface area (Å²) in [6.07, 6.45) is 6.27. The maximum atomic E-state index is 13.2. The highest BCUT2D eigenvalue weighted by Crippen LogP contribution is 2.64. The third-order valence-corrected chi connectivity index (χ3v) is 8.35. The van der Waals surface area contributed by atoms with E-state index in [1.54, 1.807) is 4.90 Å². The second-order valence-corrected chi connectivity index (χ2v) is 11.3. The second kappa shape index (κ2) is 7.37. The second-order valence-electron chi connectivity index (χ2n) is 9.60. The summed E-state index contributed by atoms with van der Waals surface area (Å²) in [4.78, 5) is 28.0. The SMILES string of the molecule is CCN(C(=O)COC(=O)C12C[C@@H]3C[C@@H](CC(Br)(C3)C1)C2)c1cccc2ccccc12. The van der Waals surface area contributed by atoms with Crippen LogP contribution in [-0.4, -0.2) is 29.4 Å². The van der Waals surface area contributed by atoms with Gasteiger partial charge in [0.05, 0.1) is 11.1 Å². The fourth-order valence-electron chi connectivity index (χ4n) is 6.67. The van der Waals surface area contributed by atoms with E-state index in [-0.39, 0.29) is 22.8 Å². The Balaban J connectivity index is 1.31. The number of carbonyl (C=O) groups is 2. The minimum Gasteiger partial charge on any atom is -0.455 e. The Labute approximate surface area is 186 Å². The standard InChI is InChI=1S/C25H28BrNO3/c1-2-27(21-9-5-7-19-6-3-4-8-20(19)21)22(28)15-30-23(29)24-11-17-10-18(12-24)14-25(26,13-17)16-24/h3-9,17-18H,2,10-16H2,1H3/t17-,18+,24?,25?. The molecule has 4 fully saturated rings. The maximum absolute atomic E-state index is 13.2. The van der Waals surface area contributed by atoms with Crippen molar-refractivity contribution in [2.45, 2.75) is 49.8 Å². The Morgan fingerprint density at radius 2 is 1.77 bits per heavy atom. The van der Waals surface area contributed by atoms with Gasteiger partial charge in [0.25, 0.3) is 5.91 Å². The van der Waals surface area contributed by atoms with Crippen LogP contribution in [0.4, 0.5) is 5.69 Å². The molecular formula is C25H28BrNO3. The molecule has 4 saturated carbocycles. The van der Waals surface area contributed by atoms with Crippen molar-refractivity contribution in [1.82, 2.24) is 0 Å². The fourth-order valence-corrected chi connectivity index (χ4v) is 8.12. The summed E-state index contributed by atoms with van der Waals surface area (Å²) in [5.41, 5.74) is 0.468. The number of amides is 1. The van der Waals surface area contributed by atoms with Crippen molar-refractivity contribution >= 4 is 44.3 Å². The summed E-state index contributed by atoms with van der Waals surface area (Å²) in [7, 11) is 0. The van der Waals surface area contributed by atoms with Gasteiger partial charge in [-0.25, -0.2) is 0 Å². The van der Waals surface area contributed by atoms with Crippen LogP contribution in [0.1, 0.15) is 45.4 Å². The van der Waals surface area contributed by atoms with E-state index in [0.29, 0.717) is 18.4 Å². The number of esters is 1. The van der Waals surface area contributed by atoms with Gasteiger partial charge < -0.3 is 9.64 Å². The zero-order valence-corrected chi connectivity index (χ0v) is 19.0. The summed E-state index contributed by atoms with van der Waals surface area (Å²) in [6.45, 7) is 2.29. The lowest BCUT2D eigenvalue weighted by atomic mass is 9.49. The third kappa shape index (κ3) is 3.35. The van der Waals surface area contributed by atoms with Gasteiger partial charge in [0.1, 0.15) is 0 Å². The Hall–Kier alpha value is -1.88. The predicted octanol–water partition coefficient (Wildman–Crippen LogP) is 5.47. The molecule has 4 nitrogen and oxygen atoms in total. The summed E-state index contributed by atoms with van der Waals surface area (Å²) < 4.78 is 5.79. The number of hydrogen-bond donors (Lipinski definition) is 0. The van der Waals surface area contributed by atoms with Crippen molar-refractivity contribution in [2.24, 2.45) is 17.3 Å². The number of alkyl halides is 1. The van der Waals surface area contributed by atoms with E-state index in [2.05, 4.69) is 15.9 Å². The van der Waals surface area contributed by atoms with Crippen LogP contribution >= 0.6 is 15.9 Å². The van der Waals surface area contributed by atoms with E-state index < -0.39 is 5.41 Å². The monoisotopic (exact) mass is 469 g/mol. The molecule has 2 aromatic rings. The van der Waals surface area contributed by atoms with E-state index in [4.69, 9.17) is 4.74 Å². The van der Waals surface area contributed by atoms with Gasteiger partial charge in [-0.05, 0) is 68.7 Å². The molecule has 6 rings (SSSR count). The van der Waals surface area contributed by atoms with Crippen LogP contribution in [0.3, 0.4) is 0 Å². The molecule has 0 heterocycles. The summed E-state index contributed by atoms with van der Waals surface area (Å²) >= 11 is 3.95. The third-order valence-electron chi connectivity index (χ3n) is 7.42. The van der Waals surface area contributed by atoms with Gasteiger partial charge >= 0.3 is 5.97 Å². The fraction of sp³-hybridized carbons (Fsp3) is 0.520. The first kappa shape index (κ1) is 20.0. The molecular weight excluding hydrogens is 442 g/mol. The number of hydrogen-bond acceptors (Lipinski definition) is 3. The topological polar surface area (TPSA) is 46.6 Å². The van der Waals surface area contributed by atoms with Crippen molar-refractivity contribution in [3.8, 4) is 0 Å². The molecule has 4 aliphatic rings. The molecule has 2 aromatic carbocycles. The molecule has 4 aliphatic carbocycles. The number of ether oxygens (including phenoxy) is 1. The largest absolute Gasteiger partial charge is 0.455 e. The number of halogens is 1. The molecule has 0 aromatic heterocycles. The highest BCUT2D eigenvalue weighted by atomic mass is 79.9. The molecule has 4 atom stereocenters. The van der Waals surface area contributed by atoms with Gasteiger partial charge in [-0.1, -0.05) is 52.3 Å². The predicted molar refractivity (Wildman–Crippen MR) is 122 cm³/mol. The summed E-state index contributed by atoms with van der Waals surface area (Å²) in [5.74, 6) is 0.886. The molecule has 0 spiro atoms. The van der Waals surface area contributed by atoms with Crippen LogP contribution in [0.25, 0.3) is 10.8 Å². The number of nitrogens with zero attached hydrogens (tertiary/aromatic N) is 1. The van der Waals surface area contributed by atoms with E-state index in [1.165, 1.54) is 19.3 Å². The van der Waals surface area contributed by atoms with Crippen LogP contribution in [0.5, 0.6) is 0 Å². The summed E-state index contributed by atoms with van der Waals surface area (Å²) in [6, 6.07) is 14.0. The minimum atomic E-state index is -0.398.